The third-order valence-corrected chi connectivity index (χ3v) is 4.00. The average molecular weight is 318 g/mol. The van der Waals surface area contributed by atoms with E-state index in [2.05, 4.69) is 15.1 Å². The van der Waals surface area contributed by atoms with Crippen LogP contribution in [0.25, 0.3) is 0 Å². The van der Waals surface area contributed by atoms with E-state index in [9.17, 15) is 9.59 Å². The minimum absolute atomic E-state index is 0.0767. The molecule has 23 heavy (non-hydrogen) atoms. The first-order valence-electron chi connectivity index (χ1n) is 7.36. The zero-order valence-electron chi connectivity index (χ0n) is 13.0. The molecule has 2 aromatic rings. The molecule has 1 amide bonds. The van der Waals surface area contributed by atoms with Crippen molar-refractivity contribution in [2.75, 3.05) is 20.2 Å². The number of aryl methyl sites for hydroxylation is 1. The lowest BCUT2D eigenvalue weighted by Gasteiger charge is -2.14. The Hall–Kier alpha value is -2.48. The number of hydrogen-bond donors (Lipinski definition) is 1. The predicted molar refractivity (Wildman–Crippen MR) is 80.0 cm³/mol. The first-order valence-corrected chi connectivity index (χ1v) is 7.36. The molecule has 1 aliphatic heterocycles. The molecular formula is C15H18N4O4. The zero-order chi connectivity index (χ0) is 16.4. The minimum atomic E-state index is -0.337. The van der Waals surface area contributed by atoms with Gasteiger partial charge in [-0.3, -0.25) is 9.59 Å². The fourth-order valence-corrected chi connectivity index (χ4v) is 2.86. The van der Waals surface area contributed by atoms with Gasteiger partial charge in [0.15, 0.2) is 0 Å². The molecule has 8 heteroatoms. The SMILES string of the molecule is CO[C@H]1CN(C(=O)c2c[nH]c(=O)cn2)C[C@H]1Cc1cc(C)no1. The molecule has 1 aliphatic rings. The number of carbonyl (C=O) groups excluding carboxylic acids is 1. The maximum absolute atomic E-state index is 12.5. The molecule has 3 rings (SSSR count). The highest BCUT2D eigenvalue weighted by atomic mass is 16.5. The van der Waals surface area contributed by atoms with Crippen LogP contribution < -0.4 is 5.56 Å². The predicted octanol–water partition coefficient (Wildman–Crippen LogP) is 0.396. The van der Waals surface area contributed by atoms with E-state index in [4.69, 9.17) is 9.26 Å². The number of likely N-dealkylation sites (tertiary alicyclic amines) is 1. The molecule has 0 bridgehead atoms. The lowest BCUT2D eigenvalue weighted by molar-refractivity contribution is 0.0669. The third kappa shape index (κ3) is 3.31. The second kappa shape index (κ2) is 6.33. The summed E-state index contributed by atoms with van der Waals surface area (Å²) in [4.78, 5) is 31.5. The summed E-state index contributed by atoms with van der Waals surface area (Å²) in [5, 5.41) is 3.88. The van der Waals surface area contributed by atoms with Gasteiger partial charge >= 0.3 is 0 Å². The van der Waals surface area contributed by atoms with Crippen LogP contribution in [0.15, 0.2) is 27.8 Å². The topological polar surface area (TPSA) is 101 Å². The molecule has 1 N–H and O–H groups in total. The smallest absolute Gasteiger partial charge is 0.274 e. The van der Waals surface area contributed by atoms with Crippen LogP contribution in [0.4, 0.5) is 0 Å². The molecule has 8 nitrogen and oxygen atoms in total. The van der Waals surface area contributed by atoms with Gasteiger partial charge in [0.05, 0.1) is 18.0 Å². The van der Waals surface area contributed by atoms with Crippen molar-refractivity contribution in [1.29, 1.82) is 0 Å². The molecular weight excluding hydrogens is 300 g/mol. The van der Waals surface area contributed by atoms with Crippen LogP contribution >= 0.6 is 0 Å². The fraction of sp³-hybridized carbons (Fsp3) is 0.467. The number of hydrogen-bond acceptors (Lipinski definition) is 6. The number of methoxy groups -OCH3 is 1. The van der Waals surface area contributed by atoms with Gasteiger partial charge in [0.2, 0.25) is 0 Å². The lowest BCUT2D eigenvalue weighted by Crippen LogP contribution is -2.31. The number of ether oxygens (including phenoxy) is 1. The van der Waals surface area contributed by atoms with E-state index in [1.807, 2.05) is 13.0 Å². The van der Waals surface area contributed by atoms with E-state index in [0.29, 0.717) is 19.5 Å². The largest absolute Gasteiger partial charge is 0.379 e. The number of amides is 1. The molecule has 3 heterocycles. The molecule has 0 saturated carbocycles. The number of aromatic nitrogens is 3. The third-order valence-electron chi connectivity index (χ3n) is 4.00. The highest BCUT2D eigenvalue weighted by Crippen LogP contribution is 2.25. The van der Waals surface area contributed by atoms with Crippen molar-refractivity contribution in [1.82, 2.24) is 20.0 Å². The molecule has 0 aliphatic carbocycles. The summed E-state index contributed by atoms with van der Waals surface area (Å²) >= 11 is 0. The van der Waals surface area contributed by atoms with Gasteiger partial charge in [0.1, 0.15) is 11.5 Å². The van der Waals surface area contributed by atoms with E-state index in [-0.39, 0.29) is 29.2 Å². The van der Waals surface area contributed by atoms with Crippen molar-refractivity contribution in [3.05, 3.63) is 46.0 Å². The van der Waals surface area contributed by atoms with Crippen LogP contribution in [0.5, 0.6) is 0 Å². The van der Waals surface area contributed by atoms with E-state index in [1.165, 1.54) is 6.20 Å². The average Bonchev–Trinajstić information content (AvgIpc) is 3.14. The van der Waals surface area contributed by atoms with Crippen LogP contribution in [-0.2, 0) is 11.2 Å². The van der Waals surface area contributed by atoms with Gasteiger partial charge in [0.25, 0.3) is 11.5 Å². The summed E-state index contributed by atoms with van der Waals surface area (Å²) in [6.45, 7) is 2.89. The summed E-state index contributed by atoms with van der Waals surface area (Å²) in [7, 11) is 1.63. The zero-order valence-corrected chi connectivity index (χ0v) is 13.0. The number of rotatable bonds is 4. The highest BCUT2D eigenvalue weighted by Gasteiger charge is 2.36. The summed E-state index contributed by atoms with van der Waals surface area (Å²) in [5.41, 5.74) is 0.712. The fourth-order valence-electron chi connectivity index (χ4n) is 2.86. The molecule has 1 saturated heterocycles. The van der Waals surface area contributed by atoms with Crippen LogP contribution in [0, 0.1) is 12.8 Å². The number of nitrogens with zero attached hydrogens (tertiary/aromatic N) is 3. The van der Waals surface area contributed by atoms with Gasteiger partial charge in [-0.2, -0.15) is 0 Å². The first-order chi connectivity index (χ1) is 11.1. The van der Waals surface area contributed by atoms with Gasteiger partial charge in [0, 0.05) is 44.8 Å². The number of H-pyrrole nitrogens is 1. The van der Waals surface area contributed by atoms with Crippen LogP contribution in [0.2, 0.25) is 0 Å². The summed E-state index contributed by atoms with van der Waals surface area (Å²) in [6, 6.07) is 1.89. The Kier molecular flexibility index (Phi) is 4.24. The molecule has 0 radical (unpaired) electrons. The molecule has 0 unspecified atom stereocenters. The Labute approximate surface area is 132 Å². The molecule has 1 fully saturated rings. The van der Waals surface area contributed by atoms with Crippen LogP contribution in [-0.4, -0.2) is 52.2 Å². The van der Waals surface area contributed by atoms with Crippen LogP contribution in [0.1, 0.15) is 21.9 Å². The first kappa shape index (κ1) is 15.4. The van der Waals surface area contributed by atoms with Crippen LogP contribution in [0.3, 0.4) is 0 Å². The maximum Gasteiger partial charge on any atom is 0.274 e. The Bertz CT molecular complexity index is 733. The van der Waals surface area contributed by atoms with Crippen molar-refractivity contribution in [2.45, 2.75) is 19.4 Å². The number of aromatic amines is 1. The highest BCUT2D eigenvalue weighted by molar-refractivity contribution is 5.92. The molecule has 122 valence electrons. The summed E-state index contributed by atoms with van der Waals surface area (Å²) in [5.74, 6) is 0.685. The number of carbonyl (C=O) groups is 1. The normalized spacial score (nSPS) is 20.9. The van der Waals surface area contributed by atoms with E-state index in [0.717, 1.165) is 17.7 Å². The number of nitrogens with one attached hydrogen (secondary N) is 1. The van der Waals surface area contributed by atoms with Crippen molar-refractivity contribution < 1.29 is 14.1 Å². The maximum atomic E-state index is 12.5. The van der Waals surface area contributed by atoms with Gasteiger partial charge in [-0.25, -0.2) is 4.98 Å². The quantitative estimate of drug-likeness (QED) is 0.875. The summed E-state index contributed by atoms with van der Waals surface area (Å²) in [6.07, 6.45) is 3.01. The van der Waals surface area contributed by atoms with E-state index >= 15 is 0 Å². The van der Waals surface area contributed by atoms with E-state index < -0.39 is 0 Å². The van der Waals surface area contributed by atoms with Gasteiger partial charge in [-0.1, -0.05) is 5.16 Å². The van der Waals surface area contributed by atoms with Gasteiger partial charge in [-0.15, -0.1) is 0 Å². The van der Waals surface area contributed by atoms with Crippen molar-refractivity contribution in [3.8, 4) is 0 Å². The molecule has 0 aromatic carbocycles. The van der Waals surface area contributed by atoms with Gasteiger partial charge in [-0.05, 0) is 6.92 Å². The monoisotopic (exact) mass is 318 g/mol. The Balaban J connectivity index is 1.71. The summed E-state index contributed by atoms with van der Waals surface area (Å²) < 4.78 is 10.8. The van der Waals surface area contributed by atoms with Gasteiger partial charge < -0.3 is 19.1 Å². The molecule has 2 aromatic heterocycles. The van der Waals surface area contributed by atoms with Crippen molar-refractivity contribution in [2.24, 2.45) is 5.92 Å². The second-order valence-corrected chi connectivity index (χ2v) is 5.68. The standard InChI is InChI=1S/C15H18N4O4/c1-9-3-11(23-18-9)4-10-7-19(8-13(10)22-2)15(21)12-5-17-14(20)6-16-12/h3,5-6,10,13H,4,7-8H2,1-2H3,(H,17,20)/t10-,13+/m1/s1. The van der Waals surface area contributed by atoms with Crippen molar-refractivity contribution in [3.63, 3.8) is 0 Å². The second-order valence-electron chi connectivity index (χ2n) is 5.68. The van der Waals surface area contributed by atoms with E-state index in [1.54, 1.807) is 12.0 Å². The Morgan fingerprint density at radius 2 is 2.35 bits per heavy atom. The lowest BCUT2D eigenvalue weighted by atomic mass is 10.0. The molecule has 0 spiro atoms. The van der Waals surface area contributed by atoms with Crippen molar-refractivity contribution >= 4 is 5.91 Å². The Morgan fingerprint density at radius 1 is 1.52 bits per heavy atom. The minimum Gasteiger partial charge on any atom is -0.379 e. The Morgan fingerprint density at radius 3 is 2.96 bits per heavy atom. The molecule has 2 atom stereocenters.